The lowest BCUT2D eigenvalue weighted by Crippen LogP contribution is -2.60. The maximum atomic E-state index is 13.8. The molecule has 3 N–H and O–H groups in total. The topological polar surface area (TPSA) is 128 Å². The zero-order chi connectivity index (χ0) is 29.6. The maximum Gasteiger partial charge on any atom is 0.245 e. The summed E-state index contributed by atoms with van der Waals surface area (Å²) >= 11 is 0. The Kier molecular flexibility index (Phi) is 11.8. The average molecular weight is 550 g/mol. The minimum atomic E-state index is -0.892. The molecular weight excluding hydrogens is 498 g/mol. The Morgan fingerprint density at radius 1 is 0.769 bits per heavy atom. The number of nitrogens with one attached hydrogen (secondary N) is 3. The lowest BCUT2D eigenvalue weighted by molar-refractivity contribution is -0.148. The van der Waals surface area contributed by atoms with Crippen molar-refractivity contribution in [2.24, 2.45) is 23.7 Å². The Balaban J connectivity index is 2.62. The van der Waals surface area contributed by atoms with Crippen molar-refractivity contribution >= 4 is 29.5 Å². The zero-order valence-corrected chi connectivity index (χ0v) is 25.4. The van der Waals surface area contributed by atoms with Crippen LogP contribution in [0.5, 0.6) is 0 Å². The van der Waals surface area contributed by atoms with Gasteiger partial charge in [0.15, 0.2) is 0 Å². The van der Waals surface area contributed by atoms with E-state index in [1.165, 1.54) is 4.90 Å². The first-order chi connectivity index (χ1) is 18.2. The molecule has 0 aromatic carbocycles. The number of carbonyl (C=O) groups excluding carboxylic acids is 5. The molecule has 5 amide bonds. The van der Waals surface area contributed by atoms with Crippen molar-refractivity contribution in [3.05, 3.63) is 0 Å². The molecule has 0 bridgehead atoms. The van der Waals surface area contributed by atoms with Gasteiger partial charge in [0.1, 0.15) is 30.2 Å². The molecule has 0 unspecified atom stereocenters. The number of hydrogen-bond acceptors (Lipinski definition) is 5. The predicted molar refractivity (Wildman–Crippen MR) is 150 cm³/mol. The fourth-order valence-electron chi connectivity index (χ4n) is 5.45. The van der Waals surface area contributed by atoms with Gasteiger partial charge in [0.05, 0.1) is 0 Å². The summed E-state index contributed by atoms with van der Waals surface area (Å²) in [7, 11) is 1.60. The number of likely N-dealkylation sites (N-methyl/N-ethyl adjacent to an activating group) is 1. The number of nitrogens with zero attached hydrogens (tertiary/aromatic N) is 2. The van der Waals surface area contributed by atoms with Crippen LogP contribution >= 0.6 is 0 Å². The van der Waals surface area contributed by atoms with E-state index in [0.29, 0.717) is 38.6 Å². The number of amides is 5. The monoisotopic (exact) mass is 549 g/mol. The highest BCUT2D eigenvalue weighted by Gasteiger charge is 2.43. The Labute approximate surface area is 234 Å². The van der Waals surface area contributed by atoms with Crippen LogP contribution in [0, 0.1) is 23.7 Å². The molecule has 0 saturated carbocycles. The molecule has 2 saturated heterocycles. The van der Waals surface area contributed by atoms with Gasteiger partial charge in [-0.05, 0) is 49.4 Å². The molecule has 0 aromatic heterocycles. The van der Waals surface area contributed by atoms with E-state index in [1.54, 1.807) is 11.9 Å². The van der Waals surface area contributed by atoms with Crippen molar-refractivity contribution in [1.29, 1.82) is 0 Å². The van der Waals surface area contributed by atoms with E-state index in [1.807, 2.05) is 55.4 Å². The summed E-state index contributed by atoms with van der Waals surface area (Å²) in [6.07, 6.45) is 2.61. The van der Waals surface area contributed by atoms with Crippen LogP contribution in [-0.2, 0) is 24.0 Å². The van der Waals surface area contributed by atoms with Crippen molar-refractivity contribution in [3.63, 3.8) is 0 Å². The number of fused-ring (bicyclic) bond motifs is 1. The first-order valence-electron chi connectivity index (χ1n) is 14.7. The van der Waals surface area contributed by atoms with Gasteiger partial charge in [-0.3, -0.25) is 24.0 Å². The third-order valence-corrected chi connectivity index (χ3v) is 8.00. The number of carbonyl (C=O) groups is 5. The summed E-state index contributed by atoms with van der Waals surface area (Å²) in [5, 5.41) is 8.68. The predicted octanol–water partition coefficient (Wildman–Crippen LogP) is 2.07. The van der Waals surface area contributed by atoms with E-state index in [-0.39, 0.29) is 35.5 Å². The van der Waals surface area contributed by atoms with Gasteiger partial charge in [0, 0.05) is 13.6 Å². The van der Waals surface area contributed by atoms with Gasteiger partial charge in [-0.2, -0.15) is 0 Å². The fourth-order valence-corrected chi connectivity index (χ4v) is 5.45. The van der Waals surface area contributed by atoms with Crippen molar-refractivity contribution in [2.75, 3.05) is 13.6 Å². The van der Waals surface area contributed by atoms with Crippen LogP contribution < -0.4 is 16.0 Å². The van der Waals surface area contributed by atoms with E-state index >= 15 is 0 Å². The van der Waals surface area contributed by atoms with Gasteiger partial charge in [0.25, 0.3) is 0 Å². The standard InChI is InChI=1S/C29H51N5O5/c1-10-19(8)24-27(37)30-20(14-16(2)3)28(38)34-13-11-12-21(34)29(39)33(9)22(15-17(4)5)25(35)31-23(18(6)7)26(36)32-24/h16-24H,10-15H2,1-9H3,(H,30,37)(H,31,35)(H,32,36)/t19-,20+,21+,22-,23+,24-/m1/s1. The molecule has 2 rings (SSSR count). The third-order valence-electron chi connectivity index (χ3n) is 8.00. The molecule has 2 fully saturated rings. The molecule has 0 aliphatic carbocycles. The highest BCUT2D eigenvalue weighted by molar-refractivity contribution is 5.98. The van der Waals surface area contributed by atoms with Crippen LogP contribution in [0.3, 0.4) is 0 Å². The largest absolute Gasteiger partial charge is 0.342 e. The summed E-state index contributed by atoms with van der Waals surface area (Å²) in [5.74, 6) is -2.14. The Hall–Kier alpha value is -2.65. The Bertz CT molecular complexity index is 904. The van der Waals surface area contributed by atoms with Gasteiger partial charge < -0.3 is 25.8 Å². The molecule has 2 heterocycles. The molecule has 2 aliphatic rings. The van der Waals surface area contributed by atoms with Crippen LogP contribution in [0.15, 0.2) is 0 Å². The van der Waals surface area contributed by atoms with Gasteiger partial charge in [-0.15, -0.1) is 0 Å². The first kappa shape index (κ1) is 32.6. The highest BCUT2D eigenvalue weighted by Crippen LogP contribution is 2.24. The van der Waals surface area contributed by atoms with E-state index < -0.39 is 47.9 Å². The summed E-state index contributed by atoms with van der Waals surface area (Å²) in [4.78, 5) is 71.4. The van der Waals surface area contributed by atoms with E-state index in [9.17, 15) is 24.0 Å². The molecule has 0 spiro atoms. The van der Waals surface area contributed by atoms with Gasteiger partial charge in [-0.25, -0.2) is 0 Å². The average Bonchev–Trinajstić information content (AvgIpc) is 3.35. The molecule has 10 nitrogen and oxygen atoms in total. The zero-order valence-electron chi connectivity index (χ0n) is 25.4. The Morgan fingerprint density at radius 3 is 1.87 bits per heavy atom. The summed E-state index contributed by atoms with van der Waals surface area (Å²) in [5.41, 5.74) is 0. The second-order valence-corrected chi connectivity index (χ2v) is 12.6. The normalized spacial score (nSPS) is 28.7. The van der Waals surface area contributed by atoms with E-state index in [4.69, 9.17) is 0 Å². The first-order valence-corrected chi connectivity index (χ1v) is 14.7. The quantitative estimate of drug-likeness (QED) is 0.448. The summed E-state index contributed by atoms with van der Waals surface area (Å²) < 4.78 is 0. The smallest absolute Gasteiger partial charge is 0.245 e. The minimum Gasteiger partial charge on any atom is -0.342 e. The maximum absolute atomic E-state index is 13.8. The number of rotatable bonds is 7. The third kappa shape index (κ3) is 8.18. The summed E-state index contributed by atoms with van der Waals surface area (Å²) in [6.45, 7) is 15.8. The fraction of sp³-hybridized carbons (Fsp3) is 0.828. The second kappa shape index (κ2) is 14.1. The van der Waals surface area contributed by atoms with Crippen molar-refractivity contribution < 1.29 is 24.0 Å². The lowest BCUT2D eigenvalue weighted by atomic mass is 9.95. The molecule has 222 valence electrons. The molecule has 0 aromatic rings. The Morgan fingerprint density at radius 2 is 1.33 bits per heavy atom. The molecular formula is C29H51N5O5. The van der Waals surface area contributed by atoms with Gasteiger partial charge in [0.2, 0.25) is 29.5 Å². The van der Waals surface area contributed by atoms with Crippen molar-refractivity contribution in [3.8, 4) is 0 Å². The molecule has 6 atom stereocenters. The minimum absolute atomic E-state index is 0.109. The van der Waals surface area contributed by atoms with Crippen molar-refractivity contribution in [1.82, 2.24) is 25.8 Å². The van der Waals surface area contributed by atoms with Crippen LogP contribution in [-0.4, -0.2) is 83.1 Å². The molecule has 0 radical (unpaired) electrons. The SMILES string of the molecule is CC[C@@H](C)[C@H]1NC(=O)[C@H](C(C)C)NC(=O)[C@@H](CC(C)C)N(C)C(=O)[C@@H]2CCCN2C(=O)[C@H](CC(C)C)NC1=O. The highest BCUT2D eigenvalue weighted by atomic mass is 16.2. The molecule has 10 heteroatoms. The van der Waals surface area contributed by atoms with Crippen LogP contribution in [0.25, 0.3) is 0 Å². The van der Waals surface area contributed by atoms with Crippen LogP contribution in [0.2, 0.25) is 0 Å². The van der Waals surface area contributed by atoms with Gasteiger partial charge in [-0.1, -0.05) is 61.8 Å². The van der Waals surface area contributed by atoms with E-state index in [0.717, 1.165) is 0 Å². The lowest BCUT2D eigenvalue weighted by Gasteiger charge is -2.35. The summed E-state index contributed by atoms with van der Waals surface area (Å²) in [6, 6.07) is -4.09. The van der Waals surface area contributed by atoms with Crippen LogP contribution in [0.4, 0.5) is 0 Å². The van der Waals surface area contributed by atoms with Gasteiger partial charge >= 0.3 is 0 Å². The second-order valence-electron chi connectivity index (χ2n) is 12.6. The van der Waals surface area contributed by atoms with E-state index in [2.05, 4.69) is 16.0 Å². The molecule has 39 heavy (non-hydrogen) atoms. The molecule has 2 aliphatic heterocycles. The number of hydrogen-bond donors (Lipinski definition) is 3. The van der Waals surface area contributed by atoms with Crippen LogP contribution in [0.1, 0.15) is 87.5 Å². The van der Waals surface area contributed by atoms with Crippen molar-refractivity contribution in [2.45, 2.75) is 118 Å².